The highest BCUT2D eigenvalue weighted by Gasteiger charge is 2.17. The monoisotopic (exact) mass is 331 g/mol. The maximum atomic E-state index is 12.4. The van der Waals surface area contributed by atoms with Crippen LogP contribution in [0.3, 0.4) is 0 Å². The first-order chi connectivity index (χ1) is 11.1. The molecule has 0 aliphatic heterocycles. The minimum absolute atomic E-state index is 0.0863. The van der Waals surface area contributed by atoms with Gasteiger partial charge in [0.25, 0.3) is 0 Å². The standard InChI is InChI=1S/C16H18ClN5O/c1-3-13(16-18-10(2)20-21-16)19-15(23)9-22-7-6-11-4-5-12(17)8-14(11)22/h4-8,13H,3,9H2,1-2H3,(H,19,23)(H,18,20,21)/t13-/m0/s1. The highest BCUT2D eigenvalue weighted by atomic mass is 35.5. The molecule has 1 aromatic carbocycles. The fourth-order valence-electron chi connectivity index (χ4n) is 2.55. The molecule has 3 aromatic rings. The van der Waals surface area contributed by atoms with Crippen molar-refractivity contribution in [2.75, 3.05) is 0 Å². The lowest BCUT2D eigenvalue weighted by molar-refractivity contribution is -0.122. The fraction of sp³-hybridized carbons (Fsp3) is 0.312. The Hall–Kier alpha value is -2.34. The van der Waals surface area contributed by atoms with Gasteiger partial charge in [0.1, 0.15) is 12.4 Å². The number of aryl methyl sites for hydroxylation is 1. The number of halogens is 1. The Balaban J connectivity index is 1.74. The van der Waals surface area contributed by atoms with Crippen LogP contribution in [0, 0.1) is 6.92 Å². The van der Waals surface area contributed by atoms with E-state index in [0.29, 0.717) is 10.8 Å². The summed E-state index contributed by atoms with van der Waals surface area (Å²) in [5.41, 5.74) is 0.939. The number of aromatic amines is 1. The van der Waals surface area contributed by atoms with Gasteiger partial charge in [-0.25, -0.2) is 4.98 Å². The van der Waals surface area contributed by atoms with E-state index in [2.05, 4.69) is 20.5 Å². The summed E-state index contributed by atoms with van der Waals surface area (Å²) >= 11 is 6.04. The van der Waals surface area contributed by atoms with Gasteiger partial charge in [-0.1, -0.05) is 24.6 Å². The Morgan fingerprint density at radius 1 is 1.43 bits per heavy atom. The first-order valence-electron chi connectivity index (χ1n) is 7.49. The maximum Gasteiger partial charge on any atom is 0.240 e. The summed E-state index contributed by atoms with van der Waals surface area (Å²) in [4.78, 5) is 16.6. The average Bonchev–Trinajstić information content (AvgIpc) is 3.12. The number of hydrogen-bond donors (Lipinski definition) is 2. The first kappa shape index (κ1) is 15.6. The number of nitrogens with zero attached hydrogens (tertiary/aromatic N) is 3. The molecule has 3 rings (SSSR count). The van der Waals surface area contributed by atoms with Crippen molar-refractivity contribution < 1.29 is 4.79 Å². The molecular formula is C16H18ClN5O. The summed E-state index contributed by atoms with van der Waals surface area (Å²) in [5, 5.41) is 11.6. The van der Waals surface area contributed by atoms with Gasteiger partial charge in [-0.05, 0) is 36.9 Å². The zero-order valence-corrected chi connectivity index (χ0v) is 13.8. The van der Waals surface area contributed by atoms with Gasteiger partial charge in [0.2, 0.25) is 5.91 Å². The van der Waals surface area contributed by atoms with Gasteiger partial charge < -0.3 is 9.88 Å². The van der Waals surface area contributed by atoms with Gasteiger partial charge in [0.15, 0.2) is 5.82 Å². The summed E-state index contributed by atoms with van der Waals surface area (Å²) in [6.45, 7) is 4.05. The lowest BCUT2D eigenvalue weighted by Crippen LogP contribution is -2.31. The molecule has 0 radical (unpaired) electrons. The zero-order chi connectivity index (χ0) is 16.4. The van der Waals surface area contributed by atoms with E-state index in [0.717, 1.165) is 23.1 Å². The average molecular weight is 332 g/mol. The number of carbonyl (C=O) groups is 1. The van der Waals surface area contributed by atoms with Crippen LogP contribution in [0.25, 0.3) is 10.9 Å². The summed E-state index contributed by atoms with van der Waals surface area (Å²) in [7, 11) is 0. The molecule has 2 N–H and O–H groups in total. The molecule has 120 valence electrons. The van der Waals surface area contributed by atoms with E-state index in [4.69, 9.17) is 11.6 Å². The molecule has 2 heterocycles. The van der Waals surface area contributed by atoms with E-state index in [1.807, 2.05) is 48.9 Å². The van der Waals surface area contributed by atoms with Crippen LogP contribution in [-0.2, 0) is 11.3 Å². The van der Waals surface area contributed by atoms with E-state index in [1.54, 1.807) is 0 Å². The predicted octanol–water partition coefficient (Wildman–Crippen LogP) is 2.99. The van der Waals surface area contributed by atoms with Gasteiger partial charge in [-0.2, -0.15) is 5.10 Å². The van der Waals surface area contributed by atoms with Gasteiger partial charge >= 0.3 is 0 Å². The molecule has 0 fully saturated rings. The largest absolute Gasteiger partial charge is 0.344 e. The van der Waals surface area contributed by atoms with Crippen molar-refractivity contribution in [2.24, 2.45) is 0 Å². The number of H-pyrrole nitrogens is 1. The lowest BCUT2D eigenvalue weighted by atomic mass is 10.2. The van der Waals surface area contributed by atoms with Crippen LogP contribution in [0.15, 0.2) is 30.5 Å². The normalized spacial score (nSPS) is 12.5. The summed E-state index contributed by atoms with van der Waals surface area (Å²) in [5.74, 6) is 1.26. The molecule has 0 unspecified atom stereocenters. The SMILES string of the molecule is CC[C@H](NC(=O)Cn1ccc2ccc(Cl)cc21)c1n[nH]c(C)n1. The third kappa shape index (κ3) is 3.37. The highest BCUT2D eigenvalue weighted by molar-refractivity contribution is 6.31. The maximum absolute atomic E-state index is 12.4. The smallest absolute Gasteiger partial charge is 0.240 e. The Morgan fingerprint density at radius 3 is 2.96 bits per heavy atom. The summed E-state index contributed by atoms with van der Waals surface area (Å²) < 4.78 is 1.88. The molecular weight excluding hydrogens is 314 g/mol. The first-order valence-corrected chi connectivity index (χ1v) is 7.87. The van der Waals surface area contributed by atoms with Crippen molar-refractivity contribution in [2.45, 2.75) is 32.9 Å². The van der Waals surface area contributed by atoms with E-state index in [1.165, 1.54) is 0 Å². The molecule has 1 amide bonds. The summed E-state index contributed by atoms with van der Waals surface area (Å²) in [6.07, 6.45) is 2.61. The second kappa shape index (κ2) is 6.42. The van der Waals surface area contributed by atoms with Gasteiger partial charge in [-0.3, -0.25) is 9.89 Å². The Kier molecular flexibility index (Phi) is 4.34. The number of hydrogen-bond acceptors (Lipinski definition) is 3. The Bertz CT molecular complexity index is 838. The molecule has 23 heavy (non-hydrogen) atoms. The molecule has 0 saturated carbocycles. The van der Waals surface area contributed by atoms with Crippen LogP contribution in [-0.4, -0.2) is 25.7 Å². The van der Waals surface area contributed by atoms with E-state index in [-0.39, 0.29) is 18.5 Å². The number of nitrogens with one attached hydrogen (secondary N) is 2. The van der Waals surface area contributed by atoms with Crippen molar-refractivity contribution >= 4 is 28.4 Å². The predicted molar refractivity (Wildman–Crippen MR) is 89.2 cm³/mol. The quantitative estimate of drug-likeness (QED) is 0.754. The molecule has 0 aliphatic rings. The van der Waals surface area contributed by atoms with Crippen molar-refractivity contribution in [1.29, 1.82) is 0 Å². The van der Waals surface area contributed by atoms with Gasteiger partial charge in [0.05, 0.1) is 6.04 Å². The number of aromatic nitrogens is 4. The number of amides is 1. The van der Waals surface area contributed by atoms with Crippen molar-refractivity contribution in [1.82, 2.24) is 25.1 Å². The van der Waals surface area contributed by atoms with Crippen LogP contribution in [0.2, 0.25) is 5.02 Å². The van der Waals surface area contributed by atoms with Crippen LogP contribution in [0.5, 0.6) is 0 Å². The van der Waals surface area contributed by atoms with E-state index in [9.17, 15) is 4.79 Å². The second-order valence-electron chi connectivity index (χ2n) is 5.45. The van der Waals surface area contributed by atoms with Crippen molar-refractivity contribution in [3.63, 3.8) is 0 Å². The second-order valence-corrected chi connectivity index (χ2v) is 5.89. The minimum Gasteiger partial charge on any atom is -0.344 e. The van der Waals surface area contributed by atoms with Crippen molar-refractivity contribution in [3.05, 3.63) is 47.1 Å². The number of benzene rings is 1. The molecule has 0 saturated heterocycles. The van der Waals surface area contributed by atoms with Crippen molar-refractivity contribution in [3.8, 4) is 0 Å². The summed E-state index contributed by atoms with van der Waals surface area (Å²) in [6, 6.07) is 7.41. The minimum atomic E-state index is -0.196. The van der Waals surface area contributed by atoms with E-state index < -0.39 is 0 Å². The molecule has 7 heteroatoms. The van der Waals surface area contributed by atoms with Crippen LogP contribution < -0.4 is 5.32 Å². The molecule has 0 spiro atoms. The number of rotatable bonds is 5. The Labute approximate surface area is 138 Å². The van der Waals surface area contributed by atoms with Crippen LogP contribution in [0.4, 0.5) is 0 Å². The highest BCUT2D eigenvalue weighted by Crippen LogP contribution is 2.20. The van der Waals surface area contributed by atoms with Crippen LogP contribution in [0.1, 0.15) is 31.0 Å². The Morgan fingerprint density at radius 2 is 2.26 bits per heavy atom. The molecule has 0 bridgehead atoms. The van der Waals surface area contributed by atoms with Gasteiger partial charge in [-0.15, -0.1) is 0 Å². The third-order valence-corrected chi connectivity index (χ3v) is 3.95. The topological polar surface area (TPSA) is 75.6 Å². The number of fused-ring (bicyclic) bond motifs is 1. The van der Waals surface area contributed by atoms with Crippen LogP contribution >= 0.6 is 11.6 Å². The molecule has 0 aliphatic carbocycles. The third-order valence-electron chi connectivity index (χ3n) is 3.72. The van der Waals surface area contributed by atoms with E-state index >= 15 is 0 Å². The number of carbonyl (C=O) groups excluding carboxylic acids is 1. The molecule has 2 aromatic heterocycles. The molecule has 6 nitrogen and oxygen atoms in total. The lowest BCUT2D eigenvalue weighted by Gasteiger charge is -2.14. The van der Waals surface area contributed by atoms with Gasteiger partial charge in [0, 0.05) is 16.7 Å². The fourth-order valence-corrected chi connectivity index (χ4v) is 2.72. The molecule has 1 atom stereocenters. The zero-order valence-electron chi connectivity index (χ0n) is 13.0.